The number of carbonyl (C=O) groups is 2. The molecular weight excluding hydrogens is 478 g/mol. The molecule has 1 amide bonds. The fourth-order valence-electron chi connectivity index (χ4n) is 4.73. The molecule has 2 aromatic heterocycles. The Morgan fingerprint density at radius 3 is 2.83 bits per heavy atom. The van der Waals surface area contributed by atoms with E-state index in [1.54, 1.807) is 55.9 Å². The lowest BCUT2D eigenvalue weighted by molar-refractivity contribution is -0.132. The summed E-state index contributed by atoms with van der Waals surface area (Å²) in [7, 11) is 1.58. The highest BCUT2D eigenvalue weighted by Crippen LogP contribution is 2.45. The molecule has 1 saturated heterocycles. The lowest BCUT2D eigenvalue weighted by atomic mass is 9.95. The molecule has 2 aliphatic rings. The number of thiazole rings is 1. The Kier molecular flexibility index (Phi) is 5.22. The zero-order chi connectivity index (χ0) is 25.0. The number of rotatable bonds is 4. The van der Waals surface area contributed by atoms with Crippen LogP contribution in [0, 0.1) is 0 Å². The number of amides is 1. The zero-order valence-corrected chi connectivity index (χ0v) is 20.3. The van der Waals surface area contributed by atoms with Gasteiger partial charge in [-0.2, -0.15) is 0 Å². The normalized spacial score (nSPS) is 20.6. The first-order valence-electron chi connectivity index (χ1n) is 11.4. The van der Waals surface area contributed by atoms with Crippen molar-refractivity contribution < 1.29 is 24.2 Å². The minimum atomic E-state index is -0.885. The maximum atomic E-state index is 13.4. The number of ether oxygens (including phenoxy) is 2. The molecule has 2 aromatic carbocycles. The van der Waals surface area contributed by atoms with Gasteiger partial charge >= 0.3 is 5.91 Å². The number of aromatic nitrogens is 2. The van der Waals surface area contributed by atoms with Gasteiger partial charge in [0.05, 0.1) is 28.9 Å². The van der Waals surface area contributed by atoms with Gasteiger partial charge in [0, 0.05) is 24.4 Å². The number of nitrogens with zero attached hydrogens (tertiary/aromatic N) is 3. The van der Waals surface area contributed by atoms with Crippen LogP contribution in [-0.4, -0.2) is 40.0 Å². The number of carbonyl (C=O) groups excluding carboxylic acids is 2. The SMILES string of the molecule is COc1ccc2nc(N3C(=O)C(=O)/C(=C(/O)c4ccc5c(c4)C[C@H](C)O5)[C@@H]3c3cccnc3)sc2c1. The number of aliphatic hydroxyl groups excluding tert-OH is 1. The van der Waals surface area contributed by atoms with Gasteiger partial charge in [0.1, 0.15) is 23.4 Å². The molecule has 0 aliphatic carbocycles. The molecule has 0 bridgehead atoms. The monoisotopic (exact) mass is 499 g/mol. The third-order valence-electron chi connectivity index (χ3n) is 6.40. The molecule has 2 atom stereocenters. The molecule has 180 valence electrons. The minimum absolute atomic E-state index is 0.00301. The van der Waals surface area contributed by atoms with Crippen LogP contribution < -0.4 is 14.4 Å². The molecule has 2 aliphatic heterocycles. The average molecular weight is 500 g/mol. The number of Topliss-reactive ketones (excluding diaryl/α,β-unsaturated/α-hetero) is 1. The van der Waals surface area contributed by atoms with E-state index in [4.69, 9.17) is 9.47 Å². The Balaban J connectivity index is 1.52. The third kappa shape index (κ3) is 3.51. The summed E-state index contributed by atoms with van der Waals surface area (Å²) in [4.78, 5) is 37.0. The predicted molar refractivity (Wildman–Crippen MR) is 135 cm³/mol. The van der Waals surface area contributed by atoms with Crippen LogP contribution in [0.4, 0.5) is 5.13 Å². The van der Waals surface area contributed by atoms with E-state index in [1.807, 2.05) is 19.1 Å². The summed E-state index contributed by atoms with van der Waals surface area (Å²) in [5.74, 6) is -0.348. The summed E-state index contributed by atoms with van der Waals surface area (Å²) in [5.41, 5.74) is 2.66. The number of methoxy groups -OCH3 is 1. The van der Waals surface area contributed by atoms with Gasteiger partial charge in [0.2, 0.25) is 0 Å². The zero-order valence-electron chi connectivity index (χ0n) is 19.5. The second-order valence-corrected chi connectivity index (χ2v) is 9.75. The number of benzene rings is 2. The lowest BCUT2D eigenvalue weighted by Gasteiger charge is -2.22. The van der Waals surface area contributed by atoms with E-state index >= 15 is 0 Å². The largest absolute Gasteiger partial charge is 0.507 e. The van der Waals surface area contributed by atoms with Crippen molar-refractivity contribution in [2.24, 2.45) is 0 Å². The van der Waals surface area contributed by atoms with Crippen molar-refractivity contribution in [1.82, 2.24) is 9.97 Å². The Hall–Kier alpha value is -4.24. The highest BCUT2D eigenvalue weighted by Gasteiger charge is 2.48. The average Bonchev–Trinajstić information content (AvgIpc) is 3.55. The molecule has 6 rings (SSSR count). The molecular formula is C27H21N3O5S. The number of anilines is 1. The van der Waals surface area contributed by atoms with Gasteiger partial charge in [-0.25, -0.2) is 4.98 Å². The van der Waals surface area contributed by atoms with Crippen LogP contribution in [-0.2, 0) is 16.0 Å². The highest BCUT2D eigenvalue weighted by molar-refractivity contribution is 7.22. The molecule has 36 heavy (non-hydrogen) atoms. The van der Waals surface area contributed by atoms with Gasteiger partial charge in [-0.1, -0.05) is 17.4 Å². The number of hydrogen-bond donors (Lipinski definition) is 1. The van der Waals surface area contributed by atoms with Crippen LogP contribution >= 0.6 is 11.3 Å². The van der Waals surface area contributed by atoms with Gasteiger partial charge in [-0.05, 0) is 60.5 Å². The fourth-order valence-corrected chi connectivity index (χ4v) is 5.75. The van der Waals surface area contributed by atoms with Crippen molar-refractivity contribution >= 4 is 44.1 Å². The number of pyridine rings is 1. The summed E-state index contributed by atoms with van der Waals surface area (Å²) >= 11 is 1.27. The molecule has 0 saturated carbocycles. The quantitative estimate of drug-likeness (QED) is 0.248. The molecule has 1 fully saturated rings. The van der Waals surface area contributed by atoms with Crippen molar-refractivity contribution in [3.05, 3.63) is 83.2 Å². The third-order valence-corrected chi connectivity index (χ3v) is 7.42. The van der Waals surface area contributed by atoms with E-state index < -0.39 is 17.7 Å². The van der Waals surface area contributed by atoms with Crippen LogP contribution in [0.3, 0.4) is 0 Å². The Bertz CT molecular complexity index is 1560. The van der Waals surface area contributed by atoms with E-state index in [-0.39, 0.29) is 17.4 Å². The van der Waals surface area contributed by atoms with Gasteiger partial charge in [-0.15, -0.1) is 0 Å². The van der Waals surface area contributed by atoms with E-state index in [9.17, 15) is 14.7 Å². The van der Waals surface area contributed by atoms with Gasteiger partial charge < -0.3 is 14.6 Å². The van der Waals surface area contributed by atoms with E-state index in [0.29, 0.717) is 33.9 Å². The van der Waals surface area contributed by atoms with E-state index in [0.717, 1.165) is 16.0 Å². The second kappa shape index (κ2) is 8.46. The second-order valence-electron chi connectivity index (χ2n) is 8.74. The first-order valence-corrected chi connectivity index (χ1v) is 12.2. The molecule has 8 nitrogen and oxygen atoms in total. The number of fused-ring (bicyclic) bond motifs is 2. The topological polar surface area (TPSA) is 102 Å². The highest BCUT2D eigenvalue weighted by atomic mass is 32.1. The molecule has 1 N–H and O–H groups in total. The van der Waals surface area contributed by atoms with Crippen molar-refractivity contribution in [1.29, 1.82) is 0 Å². The molecule has 0 spiro atoms. The first kappa shape index (κ1) is 22.2. The summed E-state index contributed by atoms with van der Waals surface area (Å²) in [6, 6.07) is 13.3. The van der Waals surface area contributed by atoms with Crippen molar-refractivity contribution in [3.8, 4) is 11.5 Å². The molecule has 9 heteroatoms. The van der Waals surface area contributed by atoms with E-state index in [2.05, 4.69) is 9.97 Å². The standard InChI is InChI=1S/C27H21N3O5S/c1-14-10-17-11-15(5-8-20(17)35-14)24(31)22-23(16-4-3-9-28-13-16)30(26(33)25(22)32)27-29-19-7-6-18(34-2)12-21(19)36-27/h3-9,11-14,23,31H,10H2,1-2H3/b24-22+/t14-,23-/m0/s1. The van der Waals surface area contributed by atoms with Crippen LogP contribution in [0.15, 0.2) is 66.5 Å². The summed E-state index contributed by atoms with van der Waals surface area (Å²) in [6.45, 7) is 1.97. The molecule has 4 heterocycles. The smallest absolute Gasteiger partial charge is 0.301 e. The maximum Gasteiger partial charge on any atom is 0.301 e. The summed E-state index contributed by atoms with van der Waals surface area (Å²) < 4.78 is 11.9. The fraction of sp³-hybridized carbons (Fsp3) is 0.185. The summed E-state index contributed by atoms with van der Waals surface area (Å²) in [6.07, 6.45) is 3.94. The molecule has 4 aromatic rings. The van der Waals surface area contributed by atoms with Crippen molar-refractivity contribution in [2.75, 3.05) is 12.0 Å². The minimum Gasteiger partial charge on any atom is -0.507 e. The maximum absolute atomic E-state index is 13.4. The van der Waals surface area contributed by atoms with Crippen LogP contribution in [0.1, 0.15) is 29.7 Å². The number of ketones is 1. The number of hydrogen-bond acceptors (Lipinski definition) is 8. The predicted octanol–water partition coefficient (Wildman–Crippen LogP) is 4.65. The lowest BCUT2D eigenvalue weighted by Crippen LogP contribution is -2.29. The van der Waals surface area contributed by atoms with Crippen molar-refractivity contribution in [3.63, 3.8) is 0 Å². The Morgan fingerprint density at radius 2 is 2.06 bits per heavy atom. The van der Waals surface area contributed by atoms with Gasteiger partial charge in [0.25, 0.3) is 5.78 Å². The number of aliphatic hydroxyl groups is 1. The van der Waals surface area contributed by atoms with Gasteiger partial charge in [0.15, 0.2) is 5.13 Å². The first-order chi connectivity index (χ1) is 17.4. The van der Waals surface area contributed by atoms with Crippen molar-refractivity contribution in [2.45, 2.75) is 25.5 Å². The molecule has 0 unspecified atom stereocenters. The van der Waals surface area contributed by atoms with Crippen LogP contribution in [0.5, 0.6) is 11.5 Å². The van der Waals surface area contributed by atoms with Crippen LogP contribution in [0.2, 0.25) is 0 Å². The van der Waals surface area contributed by atoms with E-state index in [1.165, 1.54) is 16.2 Å². The van der Waals surface area contributed by atoms with Crippen LogP contribution in [0.25, 0.3) is 16.0 Å². The van der Waals surface area contributed by atoms with Gasteiger partial charge in [-0.3, -0.25) is 19.5 Å². The Labute approximate surface area is 210 Å². The molecule has 0 radical (unpaired) electrons. The summed E-state index contributed by atoms with van der Waals surface area (Å²) in [5, 5.41) is 11.7. The Morgan fingerprint density at radius 1 is 1.19 bits per heavy atom.